The number of hydrogen-bond donors (Lipinski definition) is 2. The van der Waals surface area contributed by atoms with Crippen molar-refractivity contribution in [1.29, 1.82) is 0 Å². The molecule has 0 bridgehead atoms. The number of tetrazole rings is 1. The van der Waals surface area contributed by atoms with Crippen molar-refractivity contribution in [2.75, 3.05) is 0 Å². The van der Waals surface area contributed by atoms with Crippen molar-refractivity contribution in [3.63, 3.8) is 0 Å². The van der Waals surface area contributed by atoms with Crippen molar-refractivity contribution in [2.45, 2.75) is 30.9 Å². The summed E-state index contributed by atoms with van der Waals surface area (Å²) in [6, 6.07) is 20.3. The monoisotopic (exact) mass is 430 g/mol. The molecule has 0 atom stereocenters. The van der Waals surface area contributed by atoms with Gasteiger partial charge in [-0.25, -0.2) is 0 Å². The number of carbonyl (C=O) groups excluding carboxylic acids is 1. The predicted molar refractivity (Wildman–Crippen MR) is 121 cm³/mol. The first-order valence-corrected chi connectivity index (χ1v) is 10.9. The number of aromatic hydroxyl groups is 1. The predicted octanol–water partition coefficient (Wildman–Crippen LogP) is 4.97. The number of carbonyl (C=O) groups is 1. The second kappa shape index (κ2) is 9.14. The number of H-pyrrole nitrogens is 1. The van der Waals surface area contributed by atoms with Crippen LogP contribution >= 0.6 is 11.8 Å². The number of hydrogen-bond acceptors (Lipinski definition) is 6. The van der Waals surface area contributed by atoms with Crippen LogP contribution in [0.15, 0.2) is 65.6 Å². The van der Waals surface area contributed by atoms with Crippen LogP contribution in [-0.4, -0.2) is 31.5 Å². The van der Waals surface area contributed by atoms with Crippen molar-refractivity contribution in [3.8, 4) is 17.1 Å². The Morgan fingerprint density at radius 1 is 1.03 bits per heavy atom. The Hall–Kier alpha value is -3.45. The highest BCUT2D eigenvalue weighted by Gasteiger charge is 2.12. The first-order chi connectivity index (χ1) is 15.0. The normalized spacial score (nSPS) is 10.9. The third-order valence-electron chi connectivity index (χ3n) is 5.12. The molecule has 0 spiro atoms. The first kappa shape index (κ1) is 20.8. The van der Waals surface area contributed by atoms with E-state index in [2.05, 4.69) is 57.0 Å². The Balaban J connectivity index is 1.41. The van der Waals surface area contributed by atoms with Gasteiger partial charge in [0.25, 0.3) is 0 Å². The van der Waals surface area contributed by atoms with Crippen LogP contribution < -0.4 is 0 Å². The minimum Gasteiger partial charge on any atom is -0.507 e. The molecule has 6 nitrogen and oxygen atoms in total. The average molecular weight is 431 g/mol. The summed E-state index contributed by atoms with van der Waals surface area (Å²) in [5.41, 5.74) is 5.66. The van der Waals surface area contributed by atoms with Gasteiger partial charge in [-0.2, -0.15) is 5.21 Å². The van der Waals surface area contributed by atoms with Crippen LogP contribution in [0.25, 0.3) is 11.4 Å². The Bertz CT molecular complexity index is 1200. The van der Waals surface area contributed by atoms with Gasteiger partial charge in [-0.1, -0.05) is 42.5 Å². The number of benzene rings is 3. The van der Waals surface area contributed by atoms with Gasteiger partial charge in [-0.05, 0) is 60.4 Å². The smallest absolute Gasteiger partial charge is 0.204 e. The van der Waals surface area contributed by atoms with Crippen LogP contribution in [0.1, 0.15) is 39.5 Å². The lowest BCUT2D eigenvalue weighted by molar-refractivity contribution is 0.101. The van der Waals surface area contributed by atoms with Crippen molar-refractivity contribution in [3.05, 3.63) is 88.5 Å². The topological polar surface area (TPSA) is 91.8 Å². The van der Waals surface area contributed by atoms with E-state index in [1.165, 1.54) is 23.6 Å². The summed E-state index contributed by atoms with van der Waals surface area (Å²) in [6.07, 6.45) is 0.818. The fourth-order valence-electron chi connectivity index (χ4n) is 3.38. The molecule has 7 heteroatoms. The maximum Gasteiger partial charge on any atom is 0.204 e. The first-order valence-electron chi connectivity index (χ1n) is 9.88. The van der Waals surface area contributed by atoms with Gasteiger partial charge in [0.05, 0.1) is 5.56 Å². The molecule has 4 aromatic rings. The number of phenolic OH excluding ortho intramolecular Hbond substituents is 1. The molecule has 0 unspecified atom stereocenters. The molecule has 0 fully saturated rings. The van der Waals surface area contributed by atoms with Crippen LogP contribution in [0.4, 0.5) is 0 Å². The molecule has 3 aromatic carbocycles. The molecule has 1 aromatic heterocycles. The highest BCUT2D eigenvalue weighted by atomic mass is 32.2. The van der Waals surface area contributed by atoms with E-state index in [-0.39, 0.29) is 11.5 Å². The Kier molecular flexibility index (Phi) is 6.13. The Morgan fingerprint density at radius 3 is 2.52 bits per heavy atom. The van der Waals surface area contributed by atoms with E-state index >= 15 is 0 Å². The van der Waals surface area contributed by atoms with Gasteiger partial charge in [0.2, 0.25) is 5.82 Å². The van der Waals surface area contributed by atoms with Crippen molar-refractivity contribution in [2.24, 2.45) is 0 Å². The van der Waals surface area contributed by atoms with E-state index in [9.17, 15) is 9.90 Å². The lowest BCUT2D eigenvalue weighted by atomic mass is 10.0. The summed E-state index contributed by atoms with van der Waals surface area (Å²) in [6.45, 7) is 3.31. The highest BCUT2D eigenvalue weighted by Crippen LogP contribution is 2.33. The lowest BCUT2D eigenvalue weighted by Crippen LogP contribution is -1.95. The standard InChI is InChI=1S/C24H22N4O2S/c1-15-22(11-10-21(16(2)29)23(15)30)31-14-18-8-6-17(7-9-18)12-19-4-3-5-20(13-19)24-25-27-28-26-24/h3-11,13,30H,12,14H2,1-2H3,(H,25,26,27,28). The number of nitrogens with one attached hydrogen (secondary N) is 1. The molecule has 0 radical (unpaired) electrons. The van der Waals surface area contributed by atoms with Crippen LogP contribution in [0.2, 0.25) is 0 Å². The second-order valence-corrected chi connectivity index (χ2v) is 8.38. The zero-order valence-corrected chi connectivity index (χ0v) is 18.1. The SMILES string of the molecule is CC(=O)c1ccc(SCc2ccc(Cc3cccc(-c4nn[nH]n4)c3)cc2)c(C)c1O. The van der Waals surface area contributed by atoms with Crippen LogP contribution in [-0.2, 0) is 12.2 Å². The molecule has 0 aliphatic heterocycles. The largest absolute Gasteiger partial charge is 0.507 e. The van der Waals surface area contributed by atoms with Gasteiger partial charge in [0.1, 0.15) is 5.75 Å². The van der Waals surface area contributed by atoms with Gasteiger partial charge < -0.3 is 5.11 Å². The van der Waals surface area contributed by atoms with Crippen LogP contribution in [0.3, 0.4) is 0 Å². The highest BCUT2D eigenvalue weighted by molar-refractivity contribution is 7.98. The number of phenols is 1. The van der Waals surface area contributed by atoms with Gasteiger partial charge >= 0.3 is 0 Å². The molecule has 156 valence electrons. The van der Waals surface area contributed by atoms with Crippen molar-refractivity contribution >= 4 is 17.5 Å². The maximum absolute atomic E-state index is 11.6. The molecule has 0 saturated heterocycles. The fourth-order valence-corrected chi connectivity index (χ4v) is 4.37. The molecule has 0 saturated carbocycles. The molecule has 4 rings (SSSR count). The Morgan fingerprint density at radius 2 is 1.81 bits per heavy atom. The zero-order chi connectivity index (χ0) is 21.8. The molecular formula is C24H22N4O2S. The van der Waals surface area contributed by atoms with E-state index in [1.54, 1.807) is 17.8 Å². The number of ketones is 1. The number of aromatic amines is 1. The number of aromatic nitrogens is 4. The van der Waals surface area contributed by atoms with Gasteiger partial charge in [-0.3, -0.25) is 4.79 Å². The lowest BCUT2D eigenvalue weighted by Gasteiger charge is -2.10. The van der Waals surface area contributed by atoms with E-state index in [4.69, 9.17) is 0 Å². The molecule has 0 aliphatic rings. The van der Waals surface area contributed by atoms with Crippen LogP contribution in [0.5, 0.6) is 5.75 Å². The van der Waals surface area contributed by atoms with E-state index < -0.39 is 0 Å². The molecule has 0 aliphatic carbocycles. The average Bonchev–Trinajstić information content (AvgIpc) is 3.31. The fraction of sp³-hybridized carbons (Fsp3) is 0.167. The zero-order valence-electron chi connectivity index (χ0n) is 17.3. The summed E-state index contributed by atoms with van der Waals surface area (Å²) in [5.74, 6) is 1.33. The van der Waals surface area contributed by atoms with Gasteiger partial charge in [0.15, 0.2) is 5.78 Å². The molecule has 31 heavy (non-hydrogen) atoms. The van der Waals surface area contributed by atoms with Gasteiger partial charge in [-0.15, -0.1) is 22.0 Å². The third kappa shape index (κ3) is 4.83. The number of thioether (sulfide) groups is 1. The van der Waals surface area contributed by atoms with Crippen LogP contribution in [0, 0.1) is 6.92 Å². The number of rotatable bonds is 7. The van der Waals surface area contributed by atoms with E-state index in [0.29, 0.717) is 11.4 Å². The third-order valence-corrected chi connectivity index (χ3v) is 6.35. The second-order valence-electron chi connectivity index (χ2n) is 7.36. The molecule has 2 N–H and O–H groups in total. The van der Waals surface area contributed by atoms with E-state index in [0.717, 1.165) is 28.2 Å². The maximum atomic E-state index is 11.6. The minimum atomic E-state index is -0.129. The summed E-state index contributed by atoms with van der Waals surface area (Å²) in [7, 11) is 0. The summed E-state index contributed by atoms with van der Waals surface area (Å²) < 4.78 is 0. The number of nitrogens with zero attached hydrogens (tertiary/aromatic N) is 3. The number of Topliss-reactive ketones (excluding diaryl/α,β-unsaturated/α-hetero) is 1. The summed E-state index contributed by atoms with van der Waals surface area (Å²) >= 11 is 1.65. The van der Waals surface area contributed by atoms with E-state index in [1.807, 2.05) is 25.1 Å². The summed E-state index contributed by atoms with van der Waals surface area (Å²) in [5, 5.41) is 24.4. The van der Waals surface area contributed by atoms with Crippen molar-refractivity contribution in [1.82, 2.24) is 20.6 Å². The van der Waals surface area contributed by atoms with Gasteiger partial charge in [0, 0.05) is 21.8 Å². The summed E-state index contributed by atoms with van der Waals surface area (Å²) in [4.78, 5) is 12.5. The minimum absolute atomic E-state index is 0.0795. The molecular weight excluding hydrogens is 408 g/mol. The quantitative estimate of drug-likeness (QED) is 0.318. The Labute approximate surface area is 184 Å². The van der Waals surface area contributed by atoms with Crippen molar-refractivity contribution < 1.29 is 9.90 Å². The molecule has 1 heterocycles. The molecule has 0 amide bonds.